The highest BCUT2D eigenvalue weighted by Gasteiger charge is 2.26. The third-order valence-electron chi connectivity index (χ3n) is 6.05. The summed E-state index contributed by atoms with van der Waals surface area (Å²) in [5.74, 6) is 1.85. The third kappa shape index (κ3) is 4.66. The van der Waals surface area contributed by atoms with Gasteiger partial charge in [-0.3, -0.25) is 4.79 Å². The van der Waals surface area contributed by atoms with Crippen molar-refractivity contribution in [2.75, 3.05) is 31.1 Å². The van der Waals surface area contributed by atoms with Crippen LogP contribution in [-0.2, 0) is 6.42 Å². The number of aromatic nitrogens is 2. The number of piperazine rings is 1. The number of amides is 1. The summed E-state index contributed by atoms with van der Waals surface area (Å²) in [5.41, 5.74) is 4.41. The van der Waals surface area contributed by atoms with Gasteiger partial charge in [0.05, 0.1) is 4.88 Å². The highest BCUT2D eigenvalue weighted by atomic mass is 32.1. The number of rotatable bonds is 5. The number of carbonyl (C=O) groups is 1. The number of benzene rings is 2. The molecular formula is C27H26N4OS. The highest BCUT2D eigenvalue weighted by Crippen LogP contribution is 2.28. The Hall–Kier alpha value is -3.51. The average molecular weight is 455 g/mol. The lowest BCUT2D eigenvalue weighted by Crippen LogP contribution is -2.49. The van der Waals surface area contributed by atoms with Crippen molar-refractivity contribution < 1.29 is 4.79 Å². The lowest BCUT2D eigenvalue weighted by molar-refractivity contribution is 0.0751. The quantitative estimate of drug-likeness (QED) is 0.423. The number of aryl methyl sites for hydroxylation is 1. The van der Waals surface area contributed by atoms with E-state index in [1.165, 1.54) is 16.9 Å². The Bertz CT molecular complexity index is 1220. The summed E-state index contributed by atoms with van der Waals surface area (Å²) >= 11 is 1.50. The molecule has 0 N–H and O–H groups in total. The molecule has 0 saturated carbocycles. The van der Waals surface area contributed by atoms with Crippen LogP contribution in [-0.4, -0.2) is 47.0 Å². The summed E-state index contributed by atoms with van der Waals surface area (Å²) in [5, 5.41) is 1.95. The molecule has 0 spiro atoms. The molecule has 166 valence electrons. The minimum absolute atomic E-state index is 0.123. The van der Waals surface area contributed by atoms with Crippen molar-refractivity contribution in [3.05, 3.63) is 99.9 Å². The molecule has 0 bridgehead atoms. The van der Waals surface area contributed by atoms with Gasteiger partial charge >= 0.3 is 0 Å². The summed E-state index contributed by atoms with van der Waals surface area (Å²) < 4.78 is 0. The molecule has 1 aliphatic rings. The van der Waals surface area contributed by atoms with E-state index in [9.17, 15) is 4.79 Å². The molecule has 0 radical (unpaired) electrons. The zero-order valence-electron chi connectivity index (χ0n) is 18.6. The van der Waals surface area contributed by atoms with Gasteiger partial charge in [0.1, 0.15) is 5.82 Å². The molecule has 3 heterocycles. The van der Waals surface area contributed by atoms with Crippen LogP contribution in [0.1, 0.15) is 26.5 Å². The minimum atomic E-state index is 0.123. The van der Waals surface area contributed by atoms with Crippen LogP contribution < -0.4 is 4.90 Å². The summed E-state index contributed by atoms with van der Waals surface area (Å²) in [7, 11) is 0. The minimum Gasteiger partial charge on any atom is -0.353 e. The predicted octanol–water partition coefficient (Wildman–Crippen LogP) is 5.07. The van der Waals surface area contributed by atoms with Crippen LogP contribution in [0.5, 0.6) is 0 Å². The van der Waals surface area contributed by atoms with Crippen molar-refractivity contribution in [1.82, 2.24) is 14.9 Å². The fraction of sp³-hybridized carbons (Fsp3) is 0.222. The van der Waals surface area contributed by atoms with E-state index < -0.39 is 0 Å². The third-order valence-corrected chi connectivity index (χ3v) is 6.90. The number of hydrogen-bond acceptors (Lipinski definition) is 5. The van der Waals surface area contributed by atoms with E-state index in [0.29, 0.717) is 13.1 Å². The topological polar surface area (TPSA) is 49.3 Å². The van der Waals surface area contributed by atoms with Crippen LogP contribution in [0.4, 0.5) is 5.82 Å². The molecular weight excluding hydrogens is 428 g/mol. The van der Waals surface area contributed by atoms with Gasteiger partial charge in [-0.05, 0) is 23.9 Å². The first-order valence-electron chi connectivity index (χ1n) is 11.2. The zero-order chi connectivity index (χ0) is 22.6. The highest BCUT2D eigenvalue weighted by molar-refractivity contribution is 7.12. The smallest absolute Gasteiger partial charge is 0.264 e. The van der Waals surface area contributed by atoms with Crippen LogP contribution in [0.3, 0.4) is 0 Å². The molecule has 1 amide bonds. The van der Waals surface area contributed by atoms with Gasteiger partial charge < -0.3 is 9.80 Å². The van der Waals surface area contributed by atoms with Crippen LogP contribution >= 0.6 is 11.3 Å². The van der Waals surface area contributed by atoms with Gasteiger partial charge in [-0.15, -0.1) is 11.3 Å². The first-order chi connectivity index (χ1) is 16.2. The SMILES string of the molecule is Cc1nc(-c2ccccc2)nc(N2CCN(C(=O)c3cccs3)CC2)c1Cc1ccccc1. The molecule has 1 saturated heterocycles. The molecule has 5 rings (SSSR count). The van der Waals surface area contributed by atoms with Gasteiger partial charge in [0.25, 0.3) is 5.91 Å². The summed E-state index contributed by atoms with van der Waals surface area (Å²) in [6, 6.07) is 24.4. The normalized spacial score (nSPS) is 13.8. The number of anilines is 1. The Morgan fingerprint density at radius 2 is 1.58 bits per heavy atom. The van der Waals surface area contributed by atoms with E-state index in [1.807, 2.05) is 58.8 Å². The second kappa shape index (κ2) is 9.55. The van der Waals surface area contributed by atoms with E-state index in [1.54, 1.807) is 0 Å². The van der Waals surface area contributed by atoms with Crippen molar-refractivity contribution in [2.24, 2.45) is 0 Å². The van der Waals surface area contributed by atoms with Crippen molar-refractivity contribution in [3.63, 3.8) is 0 Å². The molecule has 6 heteroatoms. The van der Waals surface area contributed by atoms with E-state index in [-0.39, 0.29) is 5.91 Å². The Kier molecular flexibility index (Phi) is 6.17. The summed E-state index contributed by atoms with van der Waals surface area (Å²) in [4.78, 5) is 27.8. The van der Waals surface area contributed by atoms with Crippen LogP contribution in [0.15, 0.2) is 78.2 Å². The molecule has 0 atom stereocenters. The molecule has 1 fully saturated rings. The van der Waals surface area contributed by atoms with Crippen molar-refractivity contribution in [1.29, 1.82) is 0 Å². The Labute approximate surface area is 198 Å². The van der Waals surface area contributed by atoms with E-state index >= 15 is 0 Å². The number of nitrogens with zero attached hydrogens (tertiary/aromatic N) is 4. The maximum absolute atomic E-state index is 12.8. The molecule has 5 nitrogen and oxygen atoms in total. The largest absolute Gasteiger partial charge is 0.353 e. The second-order valence-corrected chi connectivity index (χ2v) is 9.17. The maximum atomic E-state index is 12.8. The van der Waals surface area contributed by atoms with Crippen molar-refractivity contribution in [2.45, 2.75) is 13.3 Å². The van der Waals surface area contributed by atoms with Crippen LogP contribution in [0.2, 0.25) is 0 Å². The standard InChI is InChI=1S/C27H26N4OS/c1-20-23(19-21-9-4-2-5-10-21)26(29-25(28-20)22-11-6-3-7-12-22)30-14-16-31(17-15-30)27(32)24-13-8-18-33-24/h2-13,18H,14-17,19H2,1H3. The van der Waals surface area contributed by atoms with Gasteiger partial charge in [-0.1, -0.05) is 66.7 Å². The van der Waals surface area contributed by atoms with Crippen molar-refractivity contribution in [3.8, 4) is 11.4 Å². The molecule has 2 aromatic carbocycles. The number of hydrogen-bond donors (Lipinski definition) is 0. The zero-order valence-corrected chi connectivity index (χ0v) is 19.5. The van der Waals surface area contributed by atoms with Gasteiger partial charge in [0.15, 0.2) is 5.82 Å². The fourth-order valence-electron chi connectivity index (χ4n) is 4.24. The van der Waals surface area contributed by atoms with E-state index in [0.717, 1.165) is 52.9 Å². The van der Waals surface area contributed by atoms with Gasteiger partial charge in [-0.25, -0.2) is 9.97 Å². The monoisotopic (exact) mass is 454 g/mol. The number of carbonyl (C=O) groups excluding carboxylic acids is 1. The molecule has 33 heavy (non-hydrogen) atoms. The molecule has 4 aromatic rings. The Morgan fingerprint density at radius 3 is 2.24 bits per heavy atom. The van der Waals surface area contributed by atoms with Gasteiger partial charge in [0, 0.05) is 49.4 Å². The van der Waals surface area contributed by atoms with Gasteiger partial charge in [-0.2, -0.15) is 0 Å². The van der Waals surface area contributed by atoms with Crippen LogP contribution in [0.25, 0.3) is 11.4 Å². The Morgan fingerprint density at radius 1 is 0.879 bits per heavy atom. The molecule has 1 aliphatic heterocycles. The molecule has 0 unspecified atom stereocenters. The summed E-state index contributed by atoms with van der Waals surface area (Å²) in [6.07, 6.45) is 0.783. The lowest BCUT2D eigenvalue weighted by Gasteiger charge is -2.36. The summed E-state index contributed by atoms with van der Waals surface area (Å²) in [6.45, 7) is 4.95. The van der Waals surface area contributed by atoms with E-state index in [4.69, 9.17) is 9.97 Å². The lowest BCUT2D eigenvalue weighted by atomic mass is 10.0. The van der Waals surface area contributed by atoms with E-state index in [2.05, 4.69) is 36.1 Å². The first-order valence-corrected chi connectivity index (χ1v) is 12.1. The molecule has 2 aromatic heterocycles. The fourth-order valence-corrected chi connectivity index (χ4v) is 4.93. The van der Waals surface area contributed by atoms with Crippen LogP contribution in [0, 0.1) is 6.92 Å². The maximum Gasteiger partial charge on any atom is 0.264 e. The average Bonchev–Trinajstić information content (AvgIpc) is 3.41. The second-order valence-electron chi connectivity index (χ2n) is 8.22. The van der Waals surface area contributed by atoms with Crippen molar-refractivity contribution >= 4 is 23.1 Å². The predicted molar refractivity (Wildman–Crippen MR) is 134 cm³/mol. The van der Waals surface area contributed by atoms with Gasteiger partial charge in [0.2, 0.25) is 0 Å². The number of thiophene rings is 1. The molecule has 0 aliphatic carbocycles. The Balaban J connectivity index is 1.45. The first kappa shape index (κ1) is 21.3.